The minimum Gasteiger partial charge on any atom is -0.349 e. The first-order valence-corrected chi connectivity index (χ1v) is 8.04. The molecule has 1 fully saturated rings. The van der Waals surface area contributed by atoms with Crippen LogP contribution in [0.3, 0.4) is 0 Å². The van der Waals surface area contributed by atoms with E-state index in [2.05, 4.69) is 18.0 Å². The van der Waals surface area contributed by atoms with Gasteiger partial charge in [0, 0.05) is 22.6 Å². The van der Waals surface area contributed by atoms with Crippen molar-refractivity contribution in [2.75, 3.05) is 0 Å². The summed E-state index contributed by atoms with van der Waals surface area (Å²) in [5.41, 5.74) is 1.68. The van der Waals surface area contributed by atoms with Gasteiger partial charge in [0.25, 0.3) is 5.91 Å². The van der Waals surface area contributed by atoms with Crippen molar-refractivity contribution in [1.29, 1.82) is 0 Å². The molecular formula is C19H22ClNO. The molecule has 1 aromatic rings. The maximum Gasteiger partial charge on any atom is 0.250 e. The van der Waals surface area contributed by atoms with Crippen LogP contribution in [0.5, 0.6) is 0 Å². The van der Waals surface area contributed by atoms with Gasteiger partial charge in [-0.05, 0) is 37.5 Å². The van der Waals surface area contributed by atoms with E-state index in [1.165, 1.54) is 5.56 Å². The lowest BCUT2D eigenvalue weighted by molar-refractivity contribution is -0.117. The molecule has 1 aliphatic carbocycles. The van der Waals surface area contributed by atoms with E-state index < -0.39 is 0 Å². The number of carbonyl (C=O) groups excluding carboxylic acids is 1. The van der Waals surface area contributed by atoms with Crippen LogP contribution in [0.1, 0.15) is 37.7 Å². The van der Waals surface area contributed by atoms with Gasteiger partial charge in [0.2, 0.25) is 0 Å². The molecule has 0 radical (unpaired) electrons. The molecule has 0 bridgehead atoms. The molecule has 3 heteroatoms. The van der Waals surface area contributed by atoms with Gasteiger partial charge >= 0.3 is 0 Å². The van der Waals surface area contributed by atoms with Crippen molar-refractivity contribution in [2.45, 2.75) is 38.1 Å². The van der Waals surface area contributed by atoms with Gasteiger partial charge in [0.05, 0.1) is 0 Å². The van der Waals surface area contributed by atoms with Gasteiger partial charge in [0.15, 0.2) is 0 Å². The molecule has 2 atom stereocenters. The monoisotopic (exact) mass is 315 g/mol. The van der Waals surface area contributed by atoms with Gasteiger partial charge in [-0.25, -0.2) is 0 Å². The van der Waals surface area contributed by atoms with E-state index in [1.807, 2.05) is 43.4 Å². The fourth-order valence-corrected chi connectivity index (χ4v) is 3.09. The first-order chi connectivity index (χ1) is 10.6. The van der Waals surface area contributed by atoms with E-state index in [0.717, 1.165) is 24.3 Å². The Morgan fingerprint density at radius 2 is 2.18 bits per heavy atom. The lowest BCUT2D eigenvalue weighted by Crippen LogP contribution is -2.36. The predicted octanol–water partition coefficient (Wildman–Crippen LogP) is 4.78. The van der Waals surface area contributed by atoms with Gasteiger partial charge in [-0.3, -0.25) is 4.79 Å². The zero-order chi connectivity index (χ0) is 15.9. The smallest absolute Gasteiger partial charge is 0.250 e. The number of hydrogen-bond acceptors (Lipinski definition) is 1. The van der Waals surface area contributed by atoms with Gasteiger partial charge < -0.3 is 5.32 Å². The summed E-state index contributed by atoms with van der Waals surface area (Å²) in [6.45, 7) is 5.76. The van der Waals surface area contributed by atoms with Crippen LogP contribution in [0.2, 0.25) is 5.02 Å². The van der Waals surface area contributed by atoms with Crippen LogP contribution in [0, 0.1) is 0 Å². The summed E-state index contributed by atoms with van der Waals surface area (Å²) in [7, 11) is 0. The maximum absolute atomic E-state index is 12.2. The van der Waals surface area contributed by atoms with E-state index in [1.54, 1.807) is 6.08 Å². The van der Waals surface area contributed by atoms with Crippen LogP contribution >= 0.6 is 11.6 Å². The Bertz CT molecular complexity index is 603. The number of hydrogen-bond donors (Lipinski definition) is 1. The summed E-state index contributed by atoms with van der Waals surface area (Å²) in [6, 6.07) is 8.08. The van der Waals surface area contributed by atoms with Crippen molar-refractivity contribution < 1.29 is 4.79 Å². The topological polar surface area (TPSA) is 29.1 Å². The number of allylic oxidation sites excluding steroid dienone is 3. The van der Waals surface area contributed by atoms with Crippen LogP contribution in [-0.4, -0.2) is 11.9 Å². The number of carbonyl (C=O) groups is 1. The number of benzene rings is 1. The fourth-order valence-electron chi connectivity index (χ4n) is 2.89. The molecule has 0 aromatic heterocycles. The van der Waals surface area contributed by atoms with Crippen molar-refractivity contribution in [2.24, 2.45) is 0 Å². The van der Waals surface area contributed by atoms with Gasteiger partial charge in [-0.15, -0.1) is 0 Å². The second kappa shape index (κ2) is 8.00. The molecule has 0 heterocycles. The Labute approximate surface area is 137 Å². The van der Waals surface area contributed by atoms with Crippen molar-refractivity contribution >= 4 is 17.5 Å². The molecule has 1 amide bonds. The normalized spacial score (nSPS) is 21.5. The van der Waals surface area contributed by atoms with Crippen LogP contribution in [-0.2, 0) is 4.79 Å². The number of halogens is 1. The molecular weight excluding hydrogens is 294 g/mol. The third kappa shape index (κ3) is 4.35. The zero-order valence-electron chi connectivity index (χ0n) is 12.9. The summed E-state index contributed by atoms with van der Waals surface area (Å²) in [6.07, 6.45) is 10.5. The Morgan fingerprint density at radius 3 is 2.91 bits per heavy atom. The first kappa shape index (κ1) is 16.6. The van der Waals surface area contributed by atoms with Crippen molar-refractivity contribution in [3.63, 3.8) is 0 Å². The highest BCUT2D eigenvalue weighted by Crippen LogP contribution is 2.35. The van der Waals surface area contributed by atoms with E-state index in [0.29, 0.717) is 11.5 Å². The molecule has 2 rings (SSSR count). The van der Waals surface area contributed by atoms with Gasteiger partial charge in [-0.1, -0.05) is 61.0 Å². The van der Waals surface area contributed by atoms with Crippen LogP contribution in [0.25, 0.3) is 0 Å². The van der Waals surface area contributed by atoms with Crippen molar-refractivity contribution in [3.05, 3.63) is 71.3 Å². The Kier molecular flexibility index (Phi) is 6.02. The van der Waals surface area contributed by atoms with Crippen LogP contribution in [0.4, 0.5) is 0 Å². The zero-order valence-corrected chi connectivity index (χ0v) is 13.6. The van der Waals surface area contributed by atoms with E-state index in [-0.39, 0.29) is 11.9 Å². The van der Waals surface area contributed by atoms with Crippen molar-refractivity contribution in [3.8, 4) is 0 Å². The third-order valence-electron chi connectivity index (χ3n) is 4.00. The van der Waals surface area contributed by atoms with E-state index >= 15 is 0 Å². The van der Waals surface area contributed by atoms with Crippen LogP contribution < -0.4 is 5.32 Å². The fraction of sp³-hybridized carbons (Fsp3) is 0.316. The molecule has 116 valence electrons. The largest absolute Gasteiger partial charge is 0.349 e. The second-order valence-electron chi connectivity index (χ2n) is 5.58. The van der Waals surface area contributed by atoms with E-state index in [9.17, 15) is 4.79 Å². The molecule has 2 unspecified atom stereocenters. The summed E-state index contributed by atoms with van der Waals surface area (Å²) >= 11 is 6.08. The minimum absolute atomic E-state index is 0.0975. The molecule has 0 saturated heterocycles. The average molecular weight is 316 g/mol. The Balaban J connectivity index is 2.02. The lowest BCUT2D eigenvalue weighted by Gasteiger charge is -2.21. The highest BCUT2D eigenvalue weighted by molar-refractivity contribution is 6.30. The molecule has 0 aliphatic heterocycles. The molecule has 22 heavy (non-hydrogen) atoms. The second-order valence-corrected chi connectivity index (χ2v) is 6.02. The SMILES string of the molecule is C=C(/C=C\C=C/C)C(=O)NC1CCCC1c1cccc(Cl)c1. The third-order valence-corrected chi connectivity index (χ3v) is 4.24. The van der Waals surface area contributed by atoms with E-state index in [4.69, 9.17) is 11.6 Å². The summed E-state index contributed by atoms with van der Waals surface area (Å²) in [5.74, 6) is 0.231. The number of rotatable bonds is 5. The molecule has 1 aliphatic rings. The summed E-state index contributed by atoms with van der Waals surface area (Å²) < 4.78 is 0. The quantitative estimate of drug-likeness (QED) is 0.615. The summed E-state index contributed by atoms with van der Waals surface area (Å²) in [5, 5.41) is 3.86. The minimum atomic E-state index is -0.0975. The van der Waals surface area contributed by atoms with Crippen LogP contribution in [0.15, 0.2) is 60.7 Å². The highest BCUT2D eigenvalue weighted by Gasteiger charge is 2.30. The molecule has 2 nitrogen and oxygen atoms in total. The average Bonchev–Trinajstić information content (AvgIpc) is 2.95. The maximum atomic E-state index is 12.2. The Hall–Kier alpha value is -1.80. The standard InChI is InChI=1S/C19H22ClNO/c1-3-4-5-8-14(2)19(22)21-18-12-7-11-17(18)15-9-6-10-16(20)13-15/h3-6,8-10,13,17-18H,2,7,11-12H2,1H3,(H,21,22)/b4-3-,8-5-. The molecule has 0 spiro atoms. The molecule has 1 aromatic carbocycles. The first-order valence-electron chi connectivity index (χ1n) is 7.66. The van der Waals surface area contributed by atoms with Gasteiger partial charge in [0.1, 0.15) is 0 Å². The van der Waals surface area contributed by atoms with Crippen molar-refractivity contribution in [1.82, 2.24) is 5.32 Å². The molecule has 1 saturated carbocycles. The number of nitrogens with one attached hydrogen (secondary N) is 1. The number of amides is 1. The Morgan fingerprint density at radius 1 is 1.36 bits per heavy atom. The molecule has 1 N–H and O–H groups in total. The lowest BCUT2D eigenvalue weighted by atomic mass is 9.94. The predicted molar refractivity (Wildman–Crippen MR) is 93.1 cm³/mol. The highest BCUT2D eigenvalue weighted by atomic mass is 35.5. The van der Waals surface area contributed by atoms with Gasteiger partial charge in [-0.2, -0.15) is 0 Å². The summed E-state index contributed by atoms with van der Waals surface area (Å²) in [4.78, 5) is 12.2.